The quantitative estimate of drug-likeness (QED) is 0.632. The van der Waals surface area contributed by atoms with E-state index in [1.165, 1.54) is 0 Å². The monoisotopic (exact) mass is 235 g/mol. The Morgan fingerprint density at radius 1 is 1.53 bits per heavy atom. The van der Waals surface area contributed by atoms with Crippen LogP contribution in [-0.4, -0.2) is 31.3 Å². The number of hydrogen-bond acceptors (Lipinski definition) is 3. The second kappa shape index (κ2) is 4.94. The molecule has 5 nitrogen and oxygen atoms in total. The SMILES string of the molecule is CC(CCCNS(=O)(=O)C1CC1)C(=O)O. The third-order valence-corrected chi connectivity index (χ3v) is 4.46. The molecule has 1 aliphatic rings. The Bertz CT molecular complexity index is 321. The highest BCUT2D eigenvalue weighted by atomic mass is 32.2. The Kier molecular flexibility index (Phi) is 4.10. The van der Waals surface area contributed by atoms with E-state index in [9.17, 15) is 13.2 Å². The van der Waals surface area contributed by atoms with Crippen LogP contribution in [0.2, 0.25) is 0 Å². The van der Waals surface area contributed by atoms with Gasteiger partial charge in [-0.25, -0.2) is 13.1 Å². The van der Waals surface area contributed by atoms with E-state index >= 15 is 0 Å². The lowest BCUT2D eigenvalue weighted by Crippen LogP contribution is -2.28. The van der Waals surface area contributed by atoms with Gasteiger partial charge in [-0.05, 0) is 25.7 Å². The van der Waals surface area contributed by atoms with Crippen molar-refractivity contribution >= 4 is 16.0 Å². The highest BCUT2D eigenvalue weighted by molar-refractivity contribution is 7.90. The first-order valence-corrected chi connectivity index (χ1v) is 6.69. The lowest BCUT2D eigenvalue weighted by atomic mass is 10.1. The fourth-order valence-corrected chi connectivity index (χ4v) is 2.66. The molecule has 0 aliphatic heterocycles. The standard InChI is InChI=1S/C9H17NO4S/c1-7(9(11)12)3-2-6-10-15(13,14)8-4-5-8/h7-8,10H,2-6H2,1H3,(H,11,12). The summed E-state index contributed by atoms with van der Waals surface area (Å²) < 4.78 is 25.2. The summed E-state index contributed by atoms with van der Waals surface area (Å²) in [4.78, 5) is 10.5. The van der Waals surface area contributed by atoms with Crippen molar-refractivity contribution in [3.63, 3.8) is 0 Å². The average Bonchev–Trinajstić information content (AvgIpc) is 2.94. The Morgan fingerprint density at radius 3 is 2.60 bits per heavy atom. The van der Waals surface area contributed by atoms with E-state index in [0.717, 1.165) is 12.8 Å². The zero-order valence-corrected chi connectivity index (χ0v) is 9.59. The minimum atomic E-state index is -3.10. The van der Waals surface area contributed by atoms with Gasteiger partial charge in [0.25, 0.3) is 0 Å². The molecule has 0 saturated heterocycles. The van der Waals surface area contributed by atoms with Crippen molar-refractivity contribution in [1.29, 1.82) is 0 Å². The maximum atomic E-state index is 11.3. The Morgan fingerprint density at radius 2 is 2.13 bits per heavy atom. The van der Waals surface area contributed by atoms with Gasteiger partial charge in [-0.15, -0.1) is 0 Å². The maximum absolute atomic E-state index is 11.3. The van der Waals surface area contributed by atoms with Crippen LogP contribution in [0.4, 0.5) is 0 Å². The molecule has 1 aliphatic carbocycles. The van der Waals surface area contributed by atoms with Gasteiger partial charge < -0.3 is 5.11 Å². The van der Waals surface area contributed by atoms with Gasteiger partial charge in [-0.3, -0.25) is 4.79 Å². The van der Waals surface area contributed by atoms with E-state index in [4.69, 9.17) is 5.11 Å². The summed E-state index contributed by atoms with van der Waals surface area (Å²) >= 11 is 0. The van der Waals surface area contributed by atoms with Gasteiger partial charge in [-0.2, -0.15) is 0 Å². The largest absolute Gasteiger partial charge is 0.481 e. The van der Waals surface area contributed by atoms with E-state index < -0.39 is 21.9 Å². The molecule has 0 aromatic heterocycles. The number of rotatable bonds is 7. The number of nitrogens with one attached hydrogen (secondary N) is 1. The molecule has 0 spiro atoms. The van der Waals surface area contributed by atoms with Crippen LogP contribution in [0.25, 0.3) is 0 Å². The Balaban J connectivity index is 2.14. The second-order valence-electron chi connectivity index (χ2n) is 4.02. The van der Waals surface area contributed by atoms with E-state index in [1.54, 1.807) is 6.92 Å². The first-order chi connectivity index (χ1) is 6.93. The van der Waals surface area contributed by atoms with Crippen LogP contribution in [-0.2, 0) is 14.8 Å². The number of aliphatic carboxylic acids is 1. The third kappa shape index (κ3) is 4.17. The lowest BCUT2D eigenvalue weighted by molar-refractivity contribution is -0.141. The topological polar surface area (TPSA) is 83.5 Å². The zero-order chi connectivity index (χ0) is 11.5. The Hall–Kier alpha value is -0.620. The Labute approximate surface area is 89.9 Å². The average molecular weight is 235 g/mol. The highest BCUT2D eigenvalue weighted by Crippen LogP contribution is 2.27. The summed E-state index contributed by atoms with van der Waals surface area (Å²) in [5, 5.41) is 8.40. The summed E-state index contributed by atoms with van der Waals surface area (Å²) in [5.74, 6) is -1.24. The van der Waals surface area contributed by atoms with Crippen LogP contribution in [0.1, 0.15) is 32.6 Å². The third-order valence-electron chi connectivity index (χ3n) is 2.50. The van der Waals surface area contributed by atoms with Crippen LogP contribution in [0, 0.1) is 5.92 Å². The number of sulfonamides is 1. The molecule has 1 rings (SSSR count). The smallest absolute Gasteiger partial charge is 0.306 e. The van der Waals surface area contributed by atoms with Crippen molar-refractivity contribution in [2.75, 3.05) is 6.54 Å². The van der Waals surface area contributed by atoms with Crippen molar-refractivity contribution < 1.29 is 18.3 Å². The van der Waals surface area contributed by atoms with Crippen LogP contribution in [0.5, 0.6) is 0 Å². The zero-order valence-electron chi connectivity index (χ0n) is 8.77. The highest BCUT2D eigenvalue weighted by Gasteiger charge is 2.35. The summed E-state index contributed by atoms with van der Waals surface area (Å²) in [6.07, 6.45) is 2.57. The van der Waals surface area contributed by atoms with Gasteiger partial charge in [0.15, 0.2) is 0 Å². The minimum absolute atomic E-state index is 0.200. The van der Waals surface area contributed by atoms with Gasteiger partial charge in [0.2, 0.25) is 10.0 Å². The molecule has 88 valence electrons. The normalized spacial score (nSPS) is 18.7. The predicted molar refractivity (Wildman–Crippen MR) is 56.0 cm³/mol. The predicted octanol–water partition coefficient (Wildman–Crippen LogP) is 0.569. The van der Waals surface area contributed by atoms with E-state index in [0.29, 0.717) is 19.4 Å². The molecule has 1 atom stereocenters. The van der Waals surface area contributed by atoms with Crippen molar-refractivity contribution in [1.82, 2.24) is 4.72 Å². The molecule has 0 bridgehead atoms. The molecule has 2 N–H and O–H groups in total. The van der Waals surface area contributed by atoms with Crippen LogP contribution in [0.15, 0.2) is 0 Å². The van der Waals surface area contributed by atoms with Gasteiger partial charge in [-0.1, -0.05) is 6.92 Å². The molecule has 6 heteroatoms. The van der Waals surface area contributed by atoms with E-state index in [2.05, 4.69) is 4.72 Å². The van der Waals surface area contributed by atoms with Crippen LogP contribution < -0.4 is 4.72 Å². The minimum Gasteiger partial charge on any atom is -0.481 e. The molecule has 15 heavy (non-hydrogen) atoms. The van der Waals surface area contributed by atoms with Gasteiger partial charge in [0, 0.05) is 6.54 Å². The van der Waals surface area contributed by atoms with Crippen LogP contribution in [0.3, 0.4) is 0 Å². The molecule has 0 heterocycles. The fraction of sp³-hybridized carbons (Fsp3) is 0.889. The number of carbonyl (C=O) groups is 1. The molecule has 0 radical (unpaired) electrons. The maximum Gasteiger partial charge on any atom is 0.306 e. The number of hydrogen-bond donors (Lipinski definition) is 2. The van der Waals surface area contributed by atoms with E-state index in [-0.39, 0.29) is 5.25 Å². The molecule has 1 unspecified atom stereocenters. The summed E-state index contributed by atoms with van der Waals surface area (Å²) in [5.41, 5.74) is 0. The van der Waals surface area contributed by atoms with Crippen molar-refractivity contribution in [2.45, 2.75) is 37.9 Å². The summed E-state index contributed by atoms with van der Waals surface area (Å²) in [6.45, 7) is 1.97. The lowest BCUT2D eigenvalue weighted by Gasteiger charge is -2.07. The molecule has 1 saturated carbocycles. The van der Waals surface area contributed by atoms with Gasteiger partial charge in [0.05, 0.1) is 11.2 Å². The molecule has 0 aromatic rings. The fourth-order valence-electron chi connectivity index (χ4n) is 1.24. The molecular weight excluding hydrogens is 218 g/mol. The van der Waals surface area contributed by atoms with Crippen molar-refractivity contribution in [2.24, 2.45) is 5.92 Å². The molecule has 0 amide bonds. The first-order valence-electron chi connectivity index (χ1n) is 5.15. The van der Waals surface area contributed by atoms with Crippen molar-refractivity contribution in [3.8, 4) is 0 Å². The molecule has 1 fully saturated rings. The van der Waals surface area contributed by atoms with Crippen molar-refractivity contribution in [3.05, 3.63) is 0 Å². The van der Waals surface area contributed by atoms with E-state index in [1.807, 2.05) is 0 Å². The molecule has 0 aromatic carbocycles. The molecular formula is C9H17NO4S. The van der Waals surface area contributed by atoms with Crippen LogP contribution >= 0.6 is 0 Å². The number of carboxylic acid groups (broad SMARTS) is 1. The summed E-state index contributed by atoms with van der Waals surface area (Å²) in [6, 6.07) is 0. The summed E-state index contributed by atoms with van der Waals surface area (Å²) in [7, 11) is -3.10. The number of carboxylic acids is 1. The van der Waals surface area contributed by atoms with Gasteiger partial charge >= 0.3 is 5.97 Å². The first kappa shape index (κ1) is 12.4. The second-order valence-corrected chi connectivity index (χ2v) is 6.07. The van der Waals surface area contributed by atoms with Gasteiger partial charge in [0.1, 0.15) is 0 Å².